The van der Waals surface area contributed by atoms with E-state index in [1.807, 2.05) is 0 Å². The lowest BCUT2D eigenvalue weighted by Crippen LogP contribution is -2.30. The van der Waals surface area contributed by atoms with Crippen LogP contribution in [0.1, 0.15) is 220 Å². The van der Waals surface area contributed by atoms with Crippen LogP contribution in [0, 0.1) is 0 Å². The van der Waals surface area contributed by atoms with Crippen LogP contribution in [0.3, 0.4) is 0 Å². The summed E-state index contributed by atoms with van der Waals surface area (Å²) >= 11 is 0. The molecule has 0 amide bonds. The van der Waals surface area contributed by atoms with E-state index in [2.05, 4.69) is 106 Å². The number of esters is 3. The van der Waals surface area contributed by atoms with Gasteiger partial charge in [-0.15, -0.1) is 0 Å². The third-order valence-corrected chi connectivity index (χ3v) is 10.1. The first-order valence-electron chi connectivity index (χ1n) is 24.6. The molecule has 0 aliphatic carbocycles. The maximum atomic E-state index is 12.7. The van der Waals surface area contributed by atoms with Gasteiger partial charge in [-0.3, -0.25) is 14.4 Å². The van der Waals surface area contributed by atoms with Gasteiger partial charge in [-0.1, -0.05) is 189 Å². The summed E-state index contributed by atoms with van der Waals surface area (Å²) in [7, 11) is 0. The van der Waals surface area contributed by atoms with Crippen molar-refractivity contribution in [3.8, 4) is 0 Å². The molecule has 0 aliphatic rings. The summed E-state index contributed by atoms with van der Waals surface area (Å²) in [5, 5.41) is 0. The van der Waals surface area contributed by atoms with E-state index in [9.17, 15) is 14.4 Å². The highest BCUT2D eigenvalue weighted by Gasteiger charge is 2.19. The van der Waals surface area contributed by atoms with Gasteiger partial charge in [-0.2, -0.15) is 0 Å². The molecule has 0 radical (unpaired) electrons. The minimum absolute atomic E-state index is 0.0860. The Morgan fingerprint density at radius 1 is 0.350 bits per heavy atom. The van der Waals surface area contributed by atoms with Gasteiger partial charge in [-0.05, 0) is 96.3 Å². The lowest BCUT2D eigenvalue weighted by Gasteiger charge is -2.18. The molecule has 0 aromatic carbocycles. The first kappa shape index (κ1) is 56.6. The van der Waals surface area contributed by atoms with Crippen molar-refractivity contribution >= 4 is 17.9 Å². The summed E-state index contributed by atoms with van der Waals surface area (Å²) in [5.74, 6) is -0.929. The summed E-state index contributed by atoms with van der Waals surface area (Å²) in [5.41, 5.74) is 0. The molecule has 0 heterocycles. The van der Waals surface area contributed by atoms with Gasteiger partial charge in [0, 0.05) is 19.3 Å². The average Bonchev–Trinajstić information content (AvgIpc) is 3.24. The summed E-state index contributed by atoms with van der Waals surface area (Å²) < 4.78 is 16.6. The second-order valence-electron chi connectivity index (χ2n) is 16.0. The highest BCUT2D eigenvalue weighted by molar-refractivity contribution is 5.71. The smallest absolute Gasteiger partial charge is 0.306 e. The summed E-state index contributed by atoms with van der Waals surface area (Å²) in [6.45, 7) is 6.38. The van der Waals surface area contributed by atoms with Crippen molar-refractivity contribution in [2.24, 2.45) is 0 Å². The van der Waals surface area contributed by atoms with Crippen LogP contribution < -0.4 is 0 Å². The fraction of sp³-hybridized carbons (Fsp3) is 0.685. The van der Waals surface area contributed by atoms with Crippen LogP contribution in [-0.4, -0.2) is 37.2 Å². The number of allylic oxidation sites excluding steroid dienone is 14. The summed E-state index contributed by atoms with van der Waals surface area (Å²) in [6, 6.07) is 0. The molecular weight excluding hydrogens is 745 g/mol. The first-order valence-corrected chi connectivity index (χ1v) is 24.6. The molecule has 0 aromatic rings. The van der Waals surface area contributed by atoms with Gasteiger partial charge < -0.3 is 14.2 Å². The highest BCUT2D eigenvalue weighted by atomic mass is 16.6. The molecule has 0 aliphatic heterocycles. The van der Waals surface area contributed by atoms with E-state index in [0.717, 1.165) is 128 Å². The molecule has 60 heavy (non-hydrogen) atoms. The Balaban J connectivity index is 4.17. The Hall–Kier alpha value is -3.41. The van der Waals surface area contributed by atoms with E-state index >= 15 is 0 Å². The Labute approximate surface area is 369 Å². The Morgan fingerprint density at radius 3 is 1.07 bits per heavy atom. The molecule has 342 valence electrons. The van der Waals surface area contributed by atoms with Crippen molar-refractivity contribution in [1.82, 2.24) is 0 Å². The monoisotopic (exact) mass is 835 g/mol. The van der Waals surface area contributed by atoms with Gasteiger partial charge in [-0.25, -0.2) is 0 Å². The van der Waals surface area contributed by atoms with Crippen molar-refractivity contribution in [2.45, 2.75) is 226 Å². The van der Waals surface area contributed by atoms with Crippen LogP contribution in [-0.2, 0) is 28.6 Å². The third-order valence-electron chi connectivity index (χ3n) is 10.1. The fourth-order valence-corrected chi connectivity index (χ4v) is 6.44. The SMILES string of the molecule is CC/C=C\C/C=C\C/C=C\C/C=C\C/C=C\C/C=C\CCCCCCCCC(=O)OCC(COC(=O)CCCCCCC)OC(=O)CCCCCCC/C=C\CCCCC. The van der Waals surface area contributed by atoms with Crippen molar-refractivity contribution < 1.29 is 28.6 Å². The molecule has 0 fully saturated rings. The molecule has 0 spiro atoms. The van der Waals surface area contributed by atoms with Gasteiger partial charge in [0.05, 0.1) is 0 Å². The summed E-state index contributed by atoms with van der Waals surface area (Å²) in [4.78, 5) is 37.5. The number of carbonyl (C=O) groups is 3. The topological polar surface area (TPSA) is 78.9 Å². The maximum Gasteiger partial charge on any atom is 0.306 e. The van der Waals surface area contributed by atoms with Gasteiger partial charge >= 0.3 is 17.9 Å². The number of carbonyl (C=O) groups excluding carboxylic acids is 3. The molecule has 0 saturated carbocycles. The van der Waals surface area contributed by atoms with Gasteiger partial charge in [0.15, 0.2) is 6.10 Å². The number of hydrogen-bond donors (Lipinski definition) is 0. The molecular formula is C54H90O6. The zero-order valence-corrected chi connectivity index (χ0v) is 38.9. The average molecular weight is 835 g/mol. The maximum absolute atomic E-state index is 12.7. The first-order chi connectivity index (χ1) is 29.5. The predicted octanol–water partition coefficient (Wildman–Crippen LogP) is 16.0. The normalized spacial score (nSPS) is 12.8. The largest absolute Gasteiger partial charge is 0.462 e. The standard InChI is InChI=1S/C54H90O6/c1-4-7-10-13-15-17-19-21-22-23-24-25-26-27-28-29-30-31-32-33-35-36-38-41-44-47-53(56)59-50-51(49-58-52(55)46-43-40-12-9-6-3)60-54(57)48-45-42-39-37-34-20-18-16-14-11-8-5-2/h7,10,15-18,21-22,24-25,27-28,30-31,51H,4-6,8-9,11-14,19-20,23,26,29,32-50H2,1-3H3/b10-7-,17-15-,18-16-,22-21-,25-24-,28-27-,31-30-. The fourth-order valence-electron chi connectivity index (χ4n) is 6.44. The van der Waals surface area contributed by atoms with Crippen LogP contribution in [0.4, 0.5) is 0 Å². The Morgan fingerprint density at radius 2 is 0.650 bits per heavy atom. The molecule has 6 nitrogen and oxygen atoms in total. The molecule has 0 saturated heterocycles. The van der Waals surface area contributed by atoms with Crippen molar-refractivity contribution in [3.63, 3.8) is 0 Å². The predicted molar refractivity (Wildman–Crippen MR) is 256 cm³/mol. The van der Waals surface area contributed by atoms with E-state index in [4.69, 9.17) is 14.2 Å². The van der Waals surface area contributed by atoms with E-state index in [-0.39, 0.29) is 31.1 Å². The zero-order valence-electron chi connectivity index (χ0n) is 38.9. The lowest BCUT2D eigenvalue weighted by atomic mass is 10.1. The minimum atomic E-state index is -0.782. The number of unbranched alkanes of at least 4 members (excludes halogenated alkanes) is 18. The van der Waals surface area contributed by atoms with Crippen molar-refractivity contribution in [1.29, 1.82) is 0 Å². The van der Waals surface area contributed by atoms with E-state index in [1.165, 1.54) is 51.4 Å². The van der Waals surface area contributed by atoms with Crippen LogP contribution in [0.15, 0.2) is 85.1 Å². The van der Waals surface area contributed by atoms with Gasteiger partial charge in [0.2, 0.25) is 0 Å². The van der Waals surface area contributed by atoms with E-state index in [0.29, 0.717) is 19.3 Å². The third kappa shape index (κ3) is 45.7. The van der Waals surface area contributed by atoms with Crippen LogP contribution in [0.25, 0.3) is 0 Å². The van der Waals surface area contributed by atoms with Crippen molar-refractivity contribution in [3.05, 3.63) is 85.1 Å². The van der Waals surface area contributed by atoms with Gasteiger partial charge in [0.1, 0.15) is 13.2 Å². The van der Waals surface area contributed by atoms with Crippen LogP contribution >= 0.6 is 0 Å². The highest BCUT2D eigenvalue weighted by Crippen LogP contribution is 2.13. The molecule has 0 rings (SSSR count). The second kappa shape index (κ2) is 48.3. The number of rotatable bonds is 43. The van der Waals surface area contributed by atoms with Crippen LogP contribution in [0.5, 0.6) is 0 Å². The second-order valence-corrected chi connectivity index (χ2v) is 16.0. The molecule has 1 atom stereocenters. The molecule has 0 aromatic heterocycles. The number of ether oxygens (including phenoxy) is 3. The van der Waals surface area contributed by atoms with Gasteiger partial charge in [0.25, 0.3) is 0 Å². The summed E-state index contributed by atoms with van der Waals surface area (Å²) in [6.07, 6.45) is 61.7. The Bertz CT molecular complexity index is 1190. The Kier molecular flexibility index (Phi) is 45.5. The minimum Gasteiger partial charge on any atom is -0.462 e. The molecule has 0 bridgehead atoms. The quantitative estimate of drug-likeness (QED) is 0.0263. The van der Waals surface area contributed by atoms with E-state index < -0.39 is 6.10 Å². The van der Waals surface area contributed by atoms with Crippen molar-refractivity contribution in [2.75, 3.05) is 13.2 Å². The van der Waals surface area contributed by atoms with E-state index in [1.54, 1.807) is 0 Å². The molecule has 0 N–H and O–H groups in total. The zero-order chi connectivity index (χ0) is 43.7. The van der Waals surface area contributed by atoms with Crippen LogP contribution in [0.2, 0.25) is 0 Å². The lowest BCUT2D eigenvalue weighted by molar-refractivity contribution is -0.167. The number of hydrogen-bond acceptors (Lipinski definition) is 6. The molecule has 6 heteroatoms. The molecule has 1 unspecified atom stereocenters.